The molecule has 1 aliphatic rings. The van der Waals surface area contributed by atoms with Crippen molar-refractivity contribution >= 4 is 15.9 Å². The fraction of sp³-hybridized carbons (Fsp3) is 0.412. The summed E-state index contributed by atoms with van der Waals surface area (Å²) >= 11 is 3.52. The number of rotatable bonds is 3. The number of hydrogen-bond acceptors (Lipinski definition) is 3. The average Bonchev–Trinajstić information content (AvgIpc) is 2.46. The third kappa shape index (κ3) is 3.33. The van der Waals surface area contributed by atoms with Crippen molar-refractivity contribution in [2.24, 2.45) is 0 Å². The standard InChI is InChI=1S/C17H20BrN3/c1-11(2)17-14-10-19-7-6-15(14)20-16(21-17)9-12-4-3-5-13(18)8-12/h3-5,8,11,19H,6-7,9-10H2,1-2H3. The Bertz CT molecular complexity index is 652. The molecule has 110 valence electrons. The lowest BCUT2D eigenvalue weighted by atomic mass is 9.98. The van der Waals surface area contributed by atoms with Crippen LogP contribution >= 0.6 is 15.9 Å². The summed E-state index contributed by atoms with van der Waals surface area (Å²) < 4.78 is 1.10. The van der Waals surface area contributed by atoms with Gasteiger partial charge in [0.05, 0.1) is 11.4 Å². The maximum Gasteiger partial charge on any atom is 0.133 e. The minimum atomic E-state index is 0.433. The minimum absolute atomic E-state index is 0.433. The summed E-state index contributed by atoms with van der Waals surface area (Å²) in [5.74, 6) is 1.38. The van der Waals surface area contributed by atoms with Gasteiger partial charge in [-0.25, -0.2) is 9.97 Å². The first-order valence-electron chi connectivity index (χ1n) is 7.47. The van der Waals surface area contributed by atoms with Crippen LogP contribution in [-0.4, -0.2) is 16.5 Å². The van der Waals surface area contributed by atoms with Crippen LogP contribution in [0.1, 0.15) is 48.1 Å². The summed E-state index contributed by atoms with van der Waals surface area (Å²) in [6.07, 6.45) is 1.79. The van der Waals surface area contributed by atoms with Gasteiger partial charge in [0, 0.05) is 36.0 Å². The van der Waals surface area contributed by atoms with Crippen LogP contribution in [0.25, 0.3) is 0 Å². The van der Waals surface area contributed by atoms with Crippen LogP contribution in [0.3, 0.4) is 0 Å². The number of aromatic nitrogens is 2. The smallest absolute Gasteiger partial charge is 0.133 e. The monoisotopic (exact) mass is 345 g/mol. The Morgan fingerprint density at radius 2 is 2.14 bits per heavy atom. The van der Waals surface area contributed by atoms with Gasteiger partial charge < -0.3 is 5.32 Å². The molecule has 0 spiro atoms. The van der Waals surface area contributed by atoms with E-state index in [4.69, 9.17) is 9.97 Å². The zero-order valence-electron chi connectivity index (χ0n) is 12.5. The maximum absolute atomic E-state index is 4.84. The predicted molar refractivity (Wildman–Crippen MR) is 88.5 cm³/mol. The van der Waals surface area contributed by atoms with Gasteiger partial charge >= 0.3 is 0 Å². The minimum Gasteiger partial charge on any atom is -0.312 e. The first kappa shape index (κ1) is 14.7. The van der Waals surface area contributed by atoms with Crippen molar-refractivity contribution < 1.29 is 0 Å². The zero-order chi connectivity index (χ0) is 14.8. The van der Waals surface area contributed by atoms with Gasteiger partial charge in [-0.15, -0.1) is 0 Å². The van der Waals surface area contributed by atoms with Gasteiger partial charge in [0.2, 0.25) is 0 Å². The summed E-state index contributed by atoms with van der Waals surface area (Å²) in [5, 5.41) is 3.43. The number of benzene rings is 1. The van der Waals surface area contributed by atoms with Crippen molar-refractivity contribution in [2.45, 2.75) is 39.2 Å². The molecule has 1 aliphatic heterocycles. The normalized spacial score (nSPS) is 14.3. The maximum atomic E-state index is 4.84. The predicted octanol–water partition coefficient (Wildman–Crippen LogP) is 3.60. The lowest BCUT2D eigenvalue weighted by Crippen LogP contribution is -2.27. The summed E-state index contributed by atoms with van der Waals surface area (Å²) in [4.78, 5) is 9.66. The molecule has 21 heavy (non-hydrogen) atoms. The molecule has 0 atom stereocenters. The van der Waals surface area contributed by atoms with Crippen LogP contribution < -0.4 is 5.32 Å². The second-order valence-electron chi connectivity index (χ2n) is 5.84. The van der Waals surface area contributed by atoms with Gasteiger partial charge in [-0.1, -0.05) is 41.9 Å². The Hall–Kier alpha value is -1.26. The first-order valence-corrected chi connectivity index (χ1v) is 8.26. The molecule has 1 aromatic heterocycles. The van der Waals surface area contributed by atoms with Gasteiger partial charge in [0.1, 0.15) is 5.82 Å². The molecule has 0 aliphatic carbocycles. The van der Waals surface area contributed by atoms with E-state index in [1.807, 2.05) is 6.07 Å². The second-order valence-corrected chi connectivity index (χ2v) is 6.75. The number of fused-ring (bicyclic) bond motifs is 1. The van der Waals surface area contributed by atoms with E-state index < -0.39 is 0 Å². The Morgan fingerprint density at radius 1 is 1.29 bits per heavy atom. The molecule has 2 aromatic rings. The van der Waals surface area contributed by atoms with Crippen LogP contribution in [0.15, 0.2) is 28.7 Å². The Balaban J connectivity index is 1.97. The molecule has 1 aromatic carbocycles. The molecule has 0 fully saturated rings. The van der Waals surface area contributed by atoms with Crippen LogP contribution in [0, 0.1) is 0 Å². The van der Waals surface area contributed by atoms with Crippen molar-refractivity contribution in [3.8, 4) is 0 Å². The summed E-state index contributed by atoms with van der Waals surface area (Å²) in [6, 6.07) is 8.37. The molecule has 0 radical (unpaired) electrons. The molecule has 0 unspecified atom stereocenters. The SMILES string of the molecule is CC(C)c1nc(Cc2cccc(Br)c2)nc2c1CNCC2. The third-order valence-electron chi connectivity index (χ3n) is 3.81. The third-order valence-corrected chi connectivity index (χ3v) is 4.30. The zero-order valence-corrected chi connectivity index (χ0v) is 14.1. The Labute approximate surface area is 134 Å². The topological polar surface area (TPSA) is 37.8 Å². The van der Waals surface area contributed by atoms with E-state index in [0.29, 0.717) is 5.92 Å². The lowest BCUT2D eigenvalue weighted by molar-refractivity contribution is 0.602. The number of hydrogen-bond donors (Lipinski definition) is 1. The van der Waals surface area contributed by atoms with Crippen LogP contribution in [0.4, 0.5) is 0 Å². The number of nitrogens with one attached hydrogen (secondary N) is 1. The quantitative estimate of drug-likeness (QED) is 0.923. The molecule has 0 saturated carbocycles. The van der Waals surface area contributed by atoms with E-state index in [-0.39, 0.29) is 0 Å². The van der Waals surface area contributed by atoms with Gasteiger partial charge in [-0.3, -0.25) is 0 Å². The summed E-state index contributed by atoms with van der Waals surface area (Å²) in [5.41, 5.74) is 5.00. The fourth-order valence-electron chi connectivity index (χ4n) is 2.81. The summed E-state index contributed by atoms with van der Waals surface area (Å²) in [7, 11) is 0. The van der Waals surface area contributed by atoms with E-state index >= 15 is 0 Å². The number of nitrogens with zero attached hydrogens (tertiary/aromatic N) is 2. The van der Waals surface area contributed by atoms with Crippen molar-refractivity contribution in [3.63, 3.8) is 0 Å². The second kappa shape index (κ2) is 6.24. The fourth-order valence-corrected chi connectivity index (χ4v) is 3.25. The van der Waals surface area contributed by atoms with Crippen LogP contribution in [0.2, 0.25) is 0 Å². The highest BCUT2D eigenvalue weighted by molar-refractivity contribution is 9.10. The Kier molecular flexibility index (Phi) is 4.36. The van der Waals surface area contributed by atoms with E-state index in [1.54, 1.807) is 0 Å². The highest BCUT2D eigenvalue weighted by atomic mass is 79.9. The van der Waals surface area contributed by atoms with Gasteiger partial charge in [0.25, 0.3) is 0 Å². The largest absolute Gasteiger partial charge is 0.312 e. The van der Waals surface area contributed by atoms with E-state index in [2.05, 4.69) is 53.3 Å². The summed E-state index contributed by atoms with van der Waals surface area (Å²) in [6.45, 7) is 6.33. The molecule has 4 heteroatoms. The van der Waals surface area contributed by atoms with E-state index in [9.17, 15) is 0 Å². The lowest BCUT2D eigenvalue weighted by Gasteiger charge is -2.21. The molecule has 0 bridgehead atoms. The highest BCUT2D eigenvalue weighted by Gasteiger charge is 2.19. The molecule has 0 amide bonds. The molecular weight excluding hydrogens is 326 g/mol. The van der Waals surface area contributed by atoms with Crippen molar-refractivity contribution in [1.82, 2.24) is 15.3 Å². The van der Waals surface area contributed by atoms with Gasteiger partial charge in [-0.05, 0) is 23.6 Å². The van der Waals surface area contributed by atoms with Crippen LogP contribution in [-0.2, 0) is 19.4 Å². The van der Waals surface area contributed by atoms with Crippen molar-refractivity contribution in [3.05, 3.63) is 57.1 Å². The Morgan fingerprint density at radius 3 is 2.90 bits per heavy atom. The molecule has 1 N–H and O–H groups in total. The van der Waals surface area contributed by atoms with E-state index in [1.165, 1.54) is 22.5 Å². The van der Waals surface area contributed by atoms with Crippen molar-refractivity contribution in [1.29, 1.82) is 0 Å². The molecule has 2 heterocycles. The van der Waals surface area contributed by atoms with Crippen molar-refractivity contribution in [2.75, 3.05) is 6.54 Å². The first-order chi connectivity index (χ1) is 10.1. The van der Waals surface area contributed by atoms with Crippen LogP contribution in [0.5, 0.6) is 0 Å². The highest BCUT2D eigenvalue weighted by Crippen LogP contribution is 2.23. The van der Waals surface area contributed by atoms with E-state index in [0.717, 1.165) is 36.2 Å². The van der Waals surface area contributed by atoms with Gasteiger partial charge in [0.15, 0.2) is 0 Å². The molecule has 3 nitrogen and oxygen atoms in total. The van der Waals surface area contributed by atoms with Gasteiger partial charge in [-0.2, -0.15) is 0 Å². The molecule has 3 rings (SSSR count). The number of halogens is 1. The molecule has 0 saturated heterocycles. The average molecular weight is 346 g/mol. The molecular formula is C17H20BrN3.